The zero-order valence-corrected chi connectivity index (χ0v) is 21.8. The van der Waals surface area contributed by atoms with Gasteiger partial charge in [0.1, 0.15) is 11.5 Å². The summed E-state index contributed by atoms with van der Waals surface area (Å²) in [7, 11) is 0. The van der Waals surface area contributed by atoms with E-state index in [0.29, 0.717) is 48.3 Å². The van der Waals surface area contributed by atoms with Gasteiger partial charge in [0.2, 0.25) is 0 Å². The summed E-state index contributed by atoms with van der Waals surface area (Å²) in [5.74, 6) is -0.275. The number of esters is 2. The number of hydrogen-bond donors (Lipinski definition) is 0. The molecule has 40 heavy (non-hydrogen) atoms. The first-order chi connectivity index (χ1) is 19.5. The maximum atomic E-state index is 12.2. The standard InChI is InChI=1S/C30H30O10/c31-27(35-19-7-9-21-37-29(33)39-25-11-3-1-4-12-25)23-15-17-24(18-16-23)28(32)36-20-8-10-22-38-30(34)40-26-13-5-2-6-14-26/h1-6,11-18H,7-10,19-22H2. The lowest BCUT2D eigenvalue weighted by molar-refractivity contribution is 0.0470. The molecule has 0 unspecified atom stereocenters. The van der Waals surface area contributed by atoms with Gasteiger partial charge in [0.15, 0.2) is 0 Å². The number of ether oxygens (including phenoxy) is 6. The molecule has 210 valence electrons. The summed E-state index contributed by atoms with van der Waals surface area (Å²) in [6.07, 6.45) is 0.383. The van der Waals surface area contributed by atoms with Crippen molar-refractivity contribution >= 4 is 24.2 Å². The number of carbonyl (C=O) groups is 4. The summed E-state index contributed by atoms with van der Waals surface area (Å²) in [5, 5.41) is 0. The van der Waals surface area contributed by atoms with E-state index in [4.69, 9.17) is 28.4 Å². The number of rotatable bonds is 14. The molecule has 0 heterocycles. The lowest BCUT2D eigenvalue weighted by atomic mass is 10.1. The number of para-hydroxylation sites is 2. The highest BCUT2D eigenvalue weighted by Gasteiger charge is 2.12. The van der Waals surface area contributed by atoms with Gasteiger partial charge in [-0.1, -0.05) is 36.4 Å². The van der Waals surface area contributed by atoms with E-state index in [-0.39, 0.29) is 26.4 Å². The van der Waals surface area contributed by atoms with Crippen LogP contribution in [0.15, 0.2) is 84.9 Å². The summed E-state index contributed by atoms with van der Waals surface area (Å²) in [5.41, 5.74) is 0.581. The molecule has 0 fully saturated rings. The molecule has 0 N–H and O–H groups in total. The second kappa shape index (κ2) is 16.9. The van der Waals surface area contributed by atoms with Crippen LogP contribution in [0.4, 0.5) is 9.59 Å². The predicted octanol–water partition coefficient (Wildman–Crippen LogP) is 5.99. The molecule has 0 aliphatic heterocycles. The molecule has 0 aliphatic rings. The lowest BCUT2D eigenvalue weighted by Gasteiger charge is -2.08. The van der Waals surface area contributed by atoms with Gasteiger partial charge >= 0.3 is 24.2 Å². The number of benzene rings is 3. The van der Waals surface area contributed by atoms with E-state index in [1.165, 1.54) is 24.3 Å². The fourth-order valence-electron chi connectivity index (χ4n) is 3.19. The summed E-state index contributed by atoms with van der Waals surface area (Å²) < 4.78 is 30.4. The van der Waals surface area contributed by atoms with Crippen molar-refractivity contribution in [1.82, 2.24) is 0 Å². The van der Waals surface area contributed by atoms with Gasteiger partial charge in [0.25, 0.3) is 0 Å². The van der Waals surface area contributed by atoms with Crippen molar-refractivity contribution in [2.24, 2.45) is 0 Å². The Labute approximate surface area is 231 Å². The first-order valence-electron chi connectivity index (χ1n) is 12.7. The minimum absolute atomic E-state index is 0.133. The van der Waals surface area contributed by atoms with Crippen LogP contribution in [-0.2, 0) is 18.9 Å². The molecule has 0 radical (unpaired) electrons. The average molecular weight is 551 g/mol. The highest BCUT2D eigenvalue weighted by atomic mass is 16.7. The lowest BCUT2D eigenvalue weighted by Crippen LogP contribution is -2.13. The van der Waals surface area contributed by atoms with Crippen molar-refractivity contribution in [2.45, 2.75) is 25.7 Å². The number of unbranched alkanes of at least 4 members (excludes halogenated alkanes) is 2. The first-order valence-corrected chi connectivity index (χ1v) is 12.7. The fraction of sp³-hybridized carbons (Fsp3) is 0.267. The number of carbonyl (C=O) groups excluding carboxylic acids is 4. The van der Waals surface area contributed by atoms with Crippen LogP contribution >= 0.6 is 0 Å². The maximum Gasteiger partial charge on any atom is 0.513 e. The van der Waals surface area contributed by atoms with E-state index in [0.717, 1.165) is 0 Å². The van der Waals surface area contributed by atoms with Gasteiger partial charge in [-0.25, -0.2) is 19.2 Å². The van der Waals surface area contributed by atoms with Crippen LogP contribution in [0.5, 0.6) is 11.5 Å². The van der Waals surface area contributed by atoms with Crippen molar-refractivity contribution in [3.05, 3.63) is 96.1 Å². The molecule has 0 aromatic heterocycles. The molecule has 0 amide bonds. The van der Waals surface area contributed by atoms with Crippen LogP contribution in [-0.4, -0.2) is 50.7 Å². The highest BCUT2D eigenvalue weighted by Crippen LogP contribution is 2.11. The second-order valence-electron chi connectivity index (χ2n) is 8.29. The van der Waals surface area contributed by atoms with E-state index in [1.807, 2.05) is 0 Å². The van der Waals surface area contributed by atoms with Crippen molar-refractivity contribution in [1.29, 1.82) is 0 Å². The Morgan fingerprint density at radius 3 is 1.10 bits per heavy atom. The zero-order valence-electron chi connectivity index (χ0n) is 21.8. The zero-order chi connectivity index (χ0) is 28.4. The van der Waals surface area contributed by atoms with Crippen LogP contribution < -0.4 is 9.47 Å². The smallest absolute Gasteiger partial charge is 0.462 e. The number of hydrogen-bond acceptors (Lipinski definition) is 10. The van der Waals surface area contributed by atoms with E-state index in [2.05, 4.69) is 0 Å². The second-order valence-corrected chi connectivity index (χ2v) is 8.29. The third-order valence-electron chi connectivity index (χ3n) is 5.23. The minimum Gasteiger partial charge on any atom is -0.462 e. The Bertz CT molecular complexity index is 1110. The molecule has 10 heteroatoms. The summed E-state index contributed by atoms with van der Waals surface area (Å²) in [6.45, 7) is 0.558. The van der Waals surface area contributed by atoms with Crippen molar-refractivity contribution in [2.75, 3.05) is 26.4 Å². The van der Waals surface area contributed by atoms with Gasteiger partial charge in [0, 0.05) is 0 Å². The van der Waals surface area contributed by atoms with E-state index >= 15 is 0 Å². The van der Waals surface area contributed by atoms with Crippen LogP contribution in [0.3, 0.4) is 0 Å². The summed E-state index contributed by atoms with van der Waals surface area (Å²) in [6, 6.07) is 23.1. The molecule has 0 aliphatic carbocycles. The largest absolute Gasteiger partial charge is 0.513 e. The summed E-state index contributed by atoms with van der Waals surface area (Å²) >= 11 is 0. The molecule has 10 nitrogen and oxygen atoms in total. The van der Waals surface area contributed by atoms with Gasteiger partial charge in [0.05, 0.1) is 37.6 Å². The highest BCUT2D eigenvalue weighted by molar-refractivity contribution is 5.93. The Morgan fingerprint density at radius 1 is 0.425 bits per heavy atom. The molecule has 3 aromatic rings. The first kappa shape index (κ1) is 29.7. The normalized spacial score (nSPS) is 10.2. The Morgan fingerprint density at radius 2 is 0.750 bits per heavy atom. The Kier molecular flexibility index (Phi) is 12.5. The topological polar surface area (TPSA) is 124 Å². The SMILES string of the molecule is O=C(OCCCCOC(=O)c1ccc(C(=O)OCCCCOC(=O)Oc2ccccc2)cc1)Oc1ccccc1. The molecule has 0 bridgehead atoms. The molecule has 3 rings (SSSR count). The van der Waals surface area contributed by atoms with Gasteiger partial charge in [-0.2, -0.15) is 0 Å². The van der Waals surface area contributed by atoms with Crippen LogP contribution in [0.1, 0.15) is 46.4 Å². The quantitative estimate of drug-likeness (QED) is 0.102. The predicted molar refractivity (Wildman–Crippen MR) is 142 cm³/mol. The van der Waals surface area contributed by atoms with Crippen molar-refractivity contribution < 1.29 is 47.6 Å². The Hall–Kier alpha value is -4.86. The molecule has 0 atom stereocenters. The molecule has 0 saturated carbocycles. The average Bonchev–Trinajstić information content (AvgIpc) is 2.97. The van der Waals surface area contributed by atoms with Gasteiger partial charge in [-0.05, 0) is 74.2 Å². The minimum atomic E-state index is -0.794. The molecular weight excluding hydrogens is 520 g/mol. The Balaban J connectivity index is 1.22. The fourth-order valence-corrected chi connectivity index (χ4v) is 3.19. The van der Waals surface area contributed by atoms with Crippen LogP contribution in [0, 0.1) is 0 Å². The van der Waals surface area contributed by atoms with Crippen molar-refractivity contribution in [3.8, 4) is 11.5 Å². The van der Waals surface area contributed by atoms with Gasteiger partial charge in [-0.3, -0.25) is 0 Å². The van der Waals surface area contributed by atoms with E-state index in [1.54, 1.807) is 60.7 Å². The van der Waals surface area contributed by atoms with Gasteiger partial charge < -0.3 is 28.4 Å². The van der Waals surface area contributed by atoms with Crippen LogP contribution in [0.2, 0.25) is 0 Å². The van der Waals surface area contributed by atoms with E-state index < -0.39 is 24.2 Å². The molecule has 3 aromatic carbocycles. The van der Waals surface area contributed by atoms with Gasteiger partial charge in [-0.15, -0.1) is 0 Å². The van der Waals surface area contributed by atoms with Crippen molar-refractivity contribution in [3.63, 3.8) is 0 Å². The van der Waals surface area contributed by atoms with E-state index in [9.17, 15) is 19.2 Å². The molecular formula is C30H30O10. The molecule has 0 spiro atoms. The third-order valence-corrected chi connectivity index (χ3v) is 5.23. The third kappa shape index (κ3) is 11.3. The summed E-state index contributed by atoms with van der Waals surface area (Å²) in [4.78, 5) is 47.6. The maximum absolute atomic E-state index is 12.2. The molecule has 0 saturated heterocycles. The van der Waals surface area contributed by atoms with Crippen LogP contribution in [0.25, 0.3) is 0 Å². The monoisotopic (exact) mass is 550 g/mol.